The van der Waals surface area contributed by atoms with Crippen LogP contribution in [0.2, 0.25) is 0 Å². The Labute approximate surface area is 117 Å². The van der Waals surface area contributed by atoms with Gasteiger partial charge < -0.3 is 14.4 Å². The van der Waals surface area contributed by atoms with Crippen LogP contribution in [0, 0.1) is 12.8 Å². The van der Waals surface area contributed by atoms with Crippen molar-refractivity contribution in [3.8, 4) is 17.2 Å². The number of nitrogens with zero attached hydrogens (tertiary/aromatic N) is 2. The predicted molar refractivity (Wildman–Crippen MR) is 73.2 cm³/mol. The highest BCUT2D eigenvalue weighted by molar-refractivity contribution is 5.56. The number of phenolic OH excluding ortho intramolecular Hbond substituents is 1. The molecule has 3 rings (SSSR count). The van der Waals surface area contributed by atoms with Crippen molar-refractivity contribution >= 4 is 0 Å². The lowest BCUT2D eigenvalue weighted by Gasteiger charge is -2.10. The van der Waals surface area contributed by atoms with E-state index >= 15 is 0 Å². The second kappa shape index (κ2) is 5.25. The molecule has 0 saturated heterocycles. The summed E-state index contributed by atoms with van der Waals surface area (Å²) in [6.07, 6.45) is 2.26. The topological polar surface area (TPSA) is 68.4 Å². The minimum absolute atomic E-state index is 0.0595. The van der Waals surface area contributed by atoms with Gasteiger partial charge in [0.25, 0.3) is 5.89 Å². The Kier molecular flexibility index (Phi) is 3.44. The van der Waals surface area contributed by atoms with Gasteiger partial charge in [-0.25, -0.2) is 0 Å². The number of ether oxygens (including phenoxy) is 1. The van der Waals surface area contributed by atoms with Gasteiger partial charge in [0.1, 0.15) is 11.9 Å². The van der Waals surface area contributed by atoms with Crippen LogP contribution < -0.4 is 0 Å². The van der Waals surface area contributed by atoms with Gasteiger partial charge in [-0.2, -0.15) is 4.98 Å². The Bertz CT molecular complexity index is 605. The number of aromatic hydroxyl groups is 1. The first-order valence-electron chi connectivity index (χ1n) is 6.94. The molecule has 0 amide bonds. The molecule has 1 aliphatic rings. The molecule has 0 bridgehead atoms. The molecule has 20 heavy (non-hydrogen) atoms. The van der Waals surface area contributed by atoms with E-state index in [1.807, 2.05) is 19.9 Å². The summed E-state index contributed by atoms with van der Waals surface area (Å²) in [5.41, 5.74) is 1.59. The lowest BCUT2D eigenvalue weighted by Crippen LogP contribution is -2.08. The van der Waals surface area contributed by atoms with E-state index in [0.717, 1.165) is 24.0 Å². The number of aryl methyl sites for hydroxylation is 1. The third kappa shape index (κ3) is 2.54. The number of hydrogen-bond donors (Lipinski definition) is 1. The minimum atomic E-state index is -0.0595. The average molecular weight is 274 g/mol. The Morgan fingerprint density at radius 2 is 2.25 bits per heavy atom. The normalized spacial score (nSPS) is 16.3. The summed E-state index contributed by atoms with van der Waals surface area (Å²) in [4.78, 5) is 4.45. The summed E-state index contributed by atoms with van der Waals surface area (Å²) in [6.45, 7) is 4.45. The fourth-order valence-electron chi connectivity index (χ4n) is 2.26. The predicted octanol–water partition coefficient (Wildman–Crippen LogP) is 3.24. The third-order valence-electron chi connectivity index (χ3n) is 3.54. The van der Waals surface area contributed by atoms with Gasteiger partial charge in [-0.05, 0) is 56.4 Å². The fraction of sp³-hybridized carbons (Fsp3) is 0.467. The summed E-state index contributed by atoms with van der Waals surface area (Å²) in [5.74, 6) is 1.86. The molecule has 5 heteroatoms. The van der Waals surface area contributed by atoms with Crippen LogP contribution in [0.1, 0.15) is 37.3 Å². The van der Waals surface area contributed by atoms with Crippen molar-refractivity contribution in [3.63, 3.8) is 0 Å². The van der Waals surface area contributed by atoms with Gasteiger partial charge in [-0.3, -0.25) is 0 Å². The standard InChI is InChI=1S/C15H18N2O3/c1-3-19-13(10-4-5-10)14-16-15(20-17-14)11-6-7-12(18)9(2)8-11/h6-8,10,13,18H,3-5H2,1-2H3. The van der Waals surface area contributed by atoms with Crippen LogP contribution >= 0.6 is 0 Å². The van der Waals surface area contributed by atoms with Crippen LogP contribution in [-0.4, -0.2) is 21.9 Å². The molecule has 1 unspecified atom stereocenters. The van der Waals surface area contributed by atoms with Crippen LogP contribution in [0.3, 0.4) is 0 Å². The summed E-state index contributed by atoms with van der Waals surface area (Å²) >= 11 is 0. The number of hydrogen-bond acceptors (Lipinski definition) is 5. The van der Waals surface area contributed by atoms with Crippen molar-refractivity contribution in [2.24, 2.45) is 5.92 Å². The first kappa shape index (κ1) is 13.1. The van der Waals surface area contributed by atoms with Crippen molar-refractivity contribution in [1.82, 2.24) is 10.1 Å². The smallest absolute Gasteiger partial charge is 0.258 e. The molecule has 1 saturated carbocycles. The molecular formula is C15H18N2O3. The van der Waals surface area contributed by atoms with E-state index in [0.29, 0.717) is 24.2 Å². The molecule has 1 atom stereocenters. The molecule has 0 aliphatic heterocycles. The number of aromatic nitrogens is 2. The molecule has 0 radical (unpaired) electrons. The quantitative estimate of drug-likeness (QED) is 0.906. The summed E-state index contributed by atoms with van der Waals surface area (Å²) < 4.78 is 11.0. The maximum Gasteiger partial charge on any atom is 0.258 e. The van der Waals surface area contributed by atoms with Crippen LogP contribution in [0.5, 0.6) is 5.75 Å². The average Bonchev–Trinajstić information content (AvgIpc) is 3.16. The van der Waals surface area contributed by atoms with Gasteiger partial charge in [-0.1, -0.05) is 5.16 Å². The van der Waals surface area contributed by atoms with E-state index < -0.39 is 0 Å². The second-order valence-corrected chi connectivity index (χ2v) is 5.17. The van der Waals surface area contributed by atoms with E-state index in [4.69, 9.17) is 9.26 Å². The van der Waals surface area contributed by atoms with Gasteiger partial charge in [0.2, 0.25) is 5.82 Å². The van der Waals surface area contributed by atoms with Gasteiger partial charge in [0.05, 0.1) is 0 Å². The molecule has 1 heterocycles. The molecule has 1 fully saturated rings. The third-order valence-corrected chi connectivity index (χ3v) is 3.54. The van der Waals surface area contributed by atoms with Gasteiger partial charge in [0.15, 0.2) is 0 Å². The summed E-state index contributed by atoms with van der Waals surface area (Å²) in [7, 11) is 0. The van der Waals surface area contributed by atoms with Crippen LogP contribution in [-0.2, 0) is 4.74 Å². The molecule has 2 aromatic rings. The van der Waals surface area contributed by atoms with Gasteiger partial charge in [-0.15, -0.1) is 0 Å². The molecule has 1 aliphatic carbocycles. The Morgan fingerprint density at radius 1 is 1.45 bits per heavy atom. The van der Waals surface area contributed by atoms with Gasteiger partial charge in [0, 0.05) is 12.2 Å². The highest BCUT2D eigenvalue weighted by atomic mass is 16.5. The first-order chi connectivity index (χ1) is 9.69. The molecule has 1 N–H and O–H groups in total. The summed E-state index contributed by atoms with van der Waals surface area (Å²) in [5, 5.41) is 13.6. The fourth-order valence-corrected chi connectivity index (χ4v) is 2.26. The van der Waals surface area contributed by atoms with E-state index in [9.17, 15) is 5.11 Å². The van der Waals surface area contributed by atoms with Crippen LogP contribution in [0.15, 0.2) is 22.7 Å². The van der Waals surface area contributed by atoms with Crippen LogP contribution in [0.25, 0.3) is 11.5 Å². The zero-order chi connectivity index (χ0) is 14.1. The maximum atomic E-state index is 9.55. The molecule has 0 spiro atoms. The zero-order valence-electron chi connectivity index (χ0n) is 11.7. The highest BCUT2D eigenvalue weighted by Crippen LogP contribution is 2.42. The molecule has 106 valence electrons. The highest BCUT2D eigenvalue weighted by Gasteiger charge is 2.36. The van der Waals surface area contributed by atoms with E-state index in [1.54, 1.807) is 12.1 Å². The maximum absolute atomic E-state index is 9.55. The van der Waals surface area contributed by atoms with E-state index in [1.165, 1.54) is 0 Å². The van der Waals surface area contributed by atoms with Crippen molar-refractivity contribution in [2.45, 2.75) is 32.8 Å². The Morgan fingerprint density at radius 3 is 2.90 bits per heavy atom. The lowest BCUT2D eigenvalue weighted by atomic mass is 10.1. The van der Waals surface area contributed by atoms with Gasteiger partial charge >= 0.3 is 0 Å². The Balaban J connectivity index is 1.86. The summed E-state index contributed by atoms with van der Waals surface area (Å²) in [6, 6.07) is 5.24. The van der Waals surface area contributed by atoms with Crippen molar-refractivity contribution in [2.75, 3.05) is 6.61 Å². The molecular weight excluding hydrogens is 256 g/mol. The molecule has 5 nitrogen and oxygen atoms in total. The SMILES string of the molecule is CCOC(c1noc(-c2ccc(O)c(C)c2)n1)C1CC1. The van der Waals surface area contributed by atoms with Crippen molar-refractivity contribution < 1.29 is 14.4 Å². The Hall–Kier alpha value is -1.88. The largest absolute Gasteiger partial charge is 0.508 e. The second-order valence-electron chi connectivity index (χ2n) is 5.17. The minimum Gasteiger partial charge on any atom is -0.508 e. The first-order valence-corrected chi connectivity index (χ1v) is 6.94. The monoisotopic (exact) mass is 274 g/mol. The number of rotatable bonds is 5. The van der Waals surface area contributed by atoms with E-state index in [2.05, 4.69) is 10.1 Å². The zero-order valence-corrected chi connectivity index (χ0v) is 11.7. The van der Waals surface area contributed by atoms with E-state index in [-0.39, 0.29) is 11.9 Å². The van der Waals surface area contributed by atoms with Crippen molar-refractivity contribution in [3.05, 3.63) is 29.6 Å². The molecule has 1 aromatic carbocycles. The molecule has 1 aromatic heterocycles. The number of phenols is 1. The van der Waals surface area contributed by atoms with Crippen LogP contribution in [0.4, 0.5) is 0 Å². The lowest BCUT2D eigenvalue weighted by molar-refractivity contribution is 0.0385. The number of benzene rings is 1. The van der Waals surface area contributed by atoms with Crippen molar-refractivity contribution in [1.29, 1.82) is 0 Å².